The number of thioether (sulfide) groups is 1. The van der Waals surface area contributed by atoms with Gasteiger partial charge >= 0.3 is 5.97 Å². The molecule has 4 aromatic rings. The molecule has 0 aliphatic carbocycles. The van der Waals surface area contributed by atoms with E-state index in [-0.39, 0.29) is 16.8 Å². The number of imidazole rings is 1. The first-order valence-electron chi connectivity index (χ1n) is 9.84. The van der Waals surface area contributed by atoms with Crippen molar-refractivity contribution in [1.29, 1.82) is 0 Å². The van der Waals surface area contributed by atoms with Gasteiger partial charge in [0.2, 0.25) is 0 Å². The second-order valence-corrected chi connectivity index (χ2v) is 8.10. The normalized spacial score (nSPS) is 12.4. The Kier molecular flexibility index (Phi) is 5.59. The van der Waals surface area contributed by atoms with Gasteiger partial charge < -0.3 is 14.3 Å². The largest absolute Gasteiger partial charge is 0.462 e. The predicted molar refractivity (Wildman–Crippen MR) is 118 cm³/mol. The fraction of sp³-hybridized carbons (Fsp3) is 0.273. The van der Waals surface area contributed by atoms with Crippen LogP contribution in [0.5, 0.6) is 0 Å². The van der Waals surface area contributed by atoms with E-state index in [1.54, 1.807) is 25.1 Å². The first kappa shape index (κ1) is 20.2. The summed E-state index contributed by atoms with van der Waals surface area (Å²) in [5, 5.41) is 1.26. The molecule has 2 aromatic heterocycles. The summed E-state index contributed by atoms with van der Waals surface area (Å²) in [4.78, 5) is 36.7. The molecule has 4 rings (SSSR count). The molecule has 0 aliphatic rings. The number of nitrogens with zero attached hydrogens (tertiary/aromatic N) is 3. The number of aryl methyl sites for hydroxylation is 1. The van der Waals surface area contributed by atoms with Crippen molar-refractivity contribution in [3.8, 4) is 0 Å². The average molecular weight is 423 g/mol. The number of para-hydroxylation sites is 1. The van der Waals surface area contributed by atoms with Gasteiger partial charge in [-0.25, -0.2) is 14.8 Å². The molecule has 0 spiro atoms. The molecule has 8 heteroatoms. The lowest BCUT2D eigenvalue weighted by atomic mass is 10.2. The van der Waals surface area contributed by atoms with Gasteiger partial charge in [0, 0.05) is 6.54 Å². The highest BCUT2D eigenvalue weighted by Crippen LogP contribution is 2.34. The number of carbonyl (C=O) groups is 1. The highest BCUT2D eigenvalue weighted by atomic mass is 32.2. The fourth-order valence-electron chi connectivity index (χ4n) is 3.36. The Morgan fingerprint density at radius 2 is 1.97 bits per heavy atom. The van der Waals surface area contributed by atoms with Crippen molar-refractivity contribution in [2.45, 2.75) is 37.7 Å². The van der Waals surface area contributed by atoms with Crippen molar-refractivity contribution in [2.24, 2.45) is 0 Å². The number of hydrogen-bond donors (Lipinski definition) is 1. The summed E-state index contributed by atoms with van der Waals surface area (Å²) in [6.07, 6.45) is 0. The summed E-state index contributed by atoms with van der Waals surface area (Å²) in [5.41, 5.74) is 2.69. The maximum absolute atomic E-state index is 12.4. The molecule has 154 valence electrons. The third-order valence-corrected chi connectivity index (χ3v) is 5.94. The van der Waals surface area contributed by atoms with E-state index in [2.05, 4.69) is 14.5 Å². The Labute approximate surface area is 177 Å². The molecule has 0 saturated heterocycles. The molecule has 0 radical (unpaired) electrons. The highest BCUT2D eigenvalue weighted by molar-refractivity contribution is 7.99. The highest BCUT2D eigenvalue weighted by Gasteiger charge is 2.18. The van der Waals surface area contributed by atoms with Crippen LogP contribution in [0.2, 0.25) is 0 Å². The quantitative estimate of drug-likeness (QED) is 0.368. The van der Waals surface area contributed by atoms with Gasteiger partial charge in [-0.1, -0.05) is 23.9 Å². The Balaban J connectivity index is 1.69. The van der Waals surface area contributed by atoms with E-state index in [4.69, 9.17) is 9.72 Å². The van der Waals surface area contributed by atoms with Crippen LogP contribution in [-0.2, 0) is 11.3 Å². The number of rotatable bonds is 6. The molecule has 2 aromatic carbocycles. The number of aromatic nitrogens is 4. The molecule has 0 amide bonds. The van der Waals surface area contributed by atoms with E-state index in [9.17, 15) is 9.59 Å². The first-order valence-corrected chi connectivity index (χ1v) is 10.7. The maximum Gasteiger partial charge on any atom is 0.338 e. The Hall–Kier alpha value is -3.13. The molecule has 30 heavy (non-hydrogen) atoms. The van der Waals surface area contributed by atoms with Crippen molar-refractivity contribution in [1.82, 2.24) is 19.5 Å². The van der Waals surface area contributed by atoms with Crippen LogP contribution in [-0.4, -0.2) is 32.1 Å². The lowest BCUT2D eigenvalue weighted by molar-refractivity contribution is 0.0526. The molecule has 1 N–H and O–H groups in total. The molecule has 0 aliphatic heterocycles. The van der Waals surface area contributed by atoms with E-state index in [1.807, 2.05) is 38.1 Å². The van der Waals surface area contributed by atoms with Crippen LogP contribution in [0, 0.1) is 0 Å². The van der Waals surface area contributed by atoms with Gasteiger partial charge in [-0.05, 0) is 51.1 Å². The van der Waals surface area contributed by atoms with Gasteiger partial charge in [0.05, 0.1) is 39.4 Å². The van der Waals surface area contributed by atoms with Crippen molar-refractivity contribution >= 4 is 39.7 Å². The van der Waals surface area contributed by atoms with E-state index < -0.39 is 0 Å². The number of fused-ring (bicyclic) bond motifs is 2. The Morgan fingerprint density at radius 1 is 1.17 bits per heavy atom. The van der Waals surface area contributed by atoms with Gasteiger partial charge in [0.15, 0.2) is 5.16 Å². The number of esters is 1. The second kappa shape index (κ2) is 8.31. The molecule has 1 unspecified atom stereocenters. The molecule has 7 nitrogen and oxygen atoms in total. The van der Waals surface area contributed by atoms with Crippen LogP contribution in [0.3, 0.4) is 0 Å². The molecule has 2 heterocycles. The van der Waals surface area contributed by atoms with E-state index in [1.165, 1.54) is 11.8 Å². The van der Waals surface area contributed by atoms with Crippen molar-refractivity contribution < 1.29 is 9.53 Å². The average Bonchev–Trinajstić information content (AvgIpc) is 3.09. The van der Waals surface area contributed by atoms with Crippen LogP contribution >= 0.6 is 11.8 Å². The minimum Gasteiger partial charge on any atom is -0.462 e. The van der Waals surface area contributed by atoms with Crippen molar-refractivity contribution in [2.75, 3.05) is 6.61 Å². The SMILES string of the molecule is CCOC(=O)c1ccc2c(c1)nc(SC(C)c1nc3ccccc3c(=O)[nH]1)n2CC. The van der Waals surface area contributed by atoms with Crippen LogP contribution in [0.1, 0.15) is 42.2 Å². The predicted octanol–water partition coefficient (Wildman–Crippen LogP) is 4.32. The summed E-state index contributed by atoms with van der Waals surface area (Å²) in [7, 11) is 0. The molecule has 0 fully saturated rings. The van der Waals surface area contributed by atoms with E-state index >= 15 is 0 Å². The van der Waals surface area contributed by atoms with Gasteiger partial charge in [0.25, 0.3) is 5.56 Å². The summed E-state index contributed by atoms with van der Waals surface area (Å²) < 4.78 is 7.18. The van der Waals surface area contributed by atoms with E-state index in [0.717, 1.165) is 22.7 Å². The Morgan fingerprint density at radius 3 is 2.73 bits per heavy atom. The van der Waals surface area contributed by atoms with E-state index in [0.29, 0.717) is 28.9 Å². The number of benzene rings is 2. The first-order chi connectivity index (χ1) is 14.5. The number of nitrogens with one attached hydrogen (secondary N) is 1. The number of H-pyrrole nitrogens is 1. The molecular formula is C22H22N4O3S. The number of carbonyl (C=O) groups excluding carboxylic acids is 1. The summed E-state index contributed by atoms with van der Waals surface area (Å²) in [6, 6.07) is 12.7. The van der Waals surface area contributed by atoms with Crippen LogP contribution in [0.25, 0.3) is 21.9 Å². The molecule has 1 atom stereocenters. The smallest absolute Gasteiger partial charge is 0.338 e. The molecular weight excluding hydrogens is 400 g/mol. The van der Waals surface area contributed by atoms with Crippen molar-refractivity contribution in [3.05, 3.63) is 64.2 Å². The molecule has 0 saturated carbocycles. The Bertz CT molecular complexity index is 1290. The molecule has 0 bridgehead atoms. The monoisotopic (exact) mass is 422 g/mol. The minimum absolute atomic E-state index is 0.117. The topological polar surface area (TPSA) is 89.9 Å². The van der Waals surface area contributed by atoms with Crippen LogP contribution < -0.4 is 5.56 Å². The summed E-state index contributed by atoms with van der Waals surface area (Å²) >= 11 is 1.52. The lowest BCUT2D eigenvalue weighted by Crippen LogP contribution is -2.13. The van der Waals surface area contributed by atoms with Gasteiger partial charge in [-0.3, -0.25) is 4.79 Å². The maximum atomic E-state index is 12.4. The minimum atomic E-state index is -0.356. The summed E-state index contributed by atoms with van der Waals surface area (Å²) in [6.45, 7) is 6.87. The van der Waals surface area contributed by atoms with Gasteiger partial charge in [-0.2, -0.15) is 0 Å². The zero-order chi connectivity index (χ0) is 21.3. The zero-order valence-corrected chi connectivity index (χ0v) is 17.8. The lowest BCUT2D eigenvalue weighted by Gasteiger charge is -2.12. The standard InChI is InChI=1S/C22H22N4O3S/c1-4-26-18-11-10-14(21(28)29-5-2)12-17(18)24-22(26)30-13(3)19-23-16-9-7-6-8-15(16)20(27)25-19/h6-13H,4-5H2,1-3H3,(H,23,25,27). The third kappa shape index (κ3) is 3.70. The van der Waals surface area contributed by atoms with Crippen LogP contribution in [0.4, 0.5) is 0 Å². The number of hydrogen-bond acceptors (Lipinski definition) is 6. The zero-order valence-electron chi connectivity index (χ0n) is 17.0. The van der Waals surface area contributed by atoms with Gasteiger partial charge in [-0.15, -0.1) is 0 Å². The third-order valence-electron chi connectivity index (χ3n) is 4.84. The number of ether oxygens (including phenoxy) is 1. The van der Waals surface area contributed by atoms with Gasteiger partial charge in [0.1, 0.15) is 5.82 Å². The second-order valence-electron chi connectivity index (χ2n) is 6.79. The summed E-state index contributed by atoms with van der Waals surface area (Å²) in [5.74, 6) is 0.247. The van der Waals surface area contributed by atoms with Crippen LogP contribution in [0.15, 0.2) is 52.4 Å². The van der Waals surface area contributed by atoms with Crippen molar-refractivity contribution in [3.63, 3.8) is 0 Å². The number of aromatic amines is 1. The fourth-order valence-corrected chi connectivity index (χ4v) is 4.40.